The number of aliphatic carboxylic acids is 1. The van der Waals surface area contributed by atoms with E-state index in [0.29, 0.717) is 0 Å². The van der Waals surface area contributed by atoms with Crippen LogP contribution in [0, 0.1) is 5.92 Å². The third-order valence-corrected chi connectivity index (χ3v) is 4.72. The zero-order valence-corrected chi connectivity index (χ0v) is 12.4. The zero-order chi connectivity index (χ0) is 14.7. The molecule has 3 heterocycles. The number of likely N-dealkylation sites (tertiary alicyclic amines) is 1. The number of carboxylic acids is 1. The van der Waals surface area contributed by atoms with Gasteiger partial charge >= 0.3 is 5.97 Å². The Kier molecular flexibility index (Phi) is 4.26. The van der Waals surface area contributed by atoms with Crippen molar-refractivity contribution in [3.8, 4) is 10.6 Å². The predicted octanol–water partition coefficient (Wildman–Crippen LogP) is 2.50. The maximum absolute atomic E-state index is 10.9. The quantitative estimate of drug-likeness (QED) is 0.940. The van der Waals surface area contributed by atoms with E-state index in [0.717, 1.165) is 48.7 Å². The van der Waals surface area contributed by atoms with E-state index in [2.05, 4.69) is 20.2 Å². The molecule has 0 aliphatic carbocycles. The van der Waals surface area contributed by atoms with Crippen LogP contribution >= 0.6 is 11.3 Å². The molecule has 110 valence electrons. The van der Waals surface area contributed by atoms with Crippen molar-refractivity contribution >= 4 is 17.3 Å². The van der Waals surface area contributed by atoms with E-state index in [1.54, 1.807) is 17.5 Å². The number of rotatable bonds is 4. The third-order valence-electron chi connectivity index (χ3n) is 3.78. The Labute approximate surface area is 127 Å². The predicted molar refractivity (Wildman–Crippen MR) is 81.0 cm³/mol. The molecule has 1 N–H and O–H groups in total. The first kappa shape index (κ1) is 14.2. The van der Waals surface area contributed by atoms with Gasteiger partial charge in [-0.25, -0.2) is 4.98 Å². The van der Waals surface area contributed by atoms with Gasteiger partial charge in [-0.3, -0.25) is 14.7 Å². The molecule has 1 aliphatic rings. The Balaban J connectivity index is 1.60. The van der Waals surface area contributed by atoms with Crippen LogP contribution in [0.1, 0.15) is 18.5 Å². The first-order valence-corrected chi connectivity index (χ1v) is 7.90. The monoisotopic (exact) mass is 303 g/mol. The van der Waals surface area contributed by atoms with E-state index in [9.17, 15) is 4.79 Å². The molecule has 0 amide bonds. The van der Waals surface area contributed by atoms with Crippen molar-refractivity contribution in [1.29, 1.82) is 0 Å². The van der Waals surface area contributed by atoms with Crippen LogP contribution in [0.3, 0.4) is 0 Å². The van der Waals surface area contributed by atoms with E-state index in [1.807, 2.05) is 18.3 Å². The molecule has 1 aliphatic heterocycles. The van der Waals surface area contributed by atoms with E-state index in [-0.39, 0.29) is 5.92 Å². The van der Waals surface area contributed by atoms with Gasteiger partial charge in [-0.15, -0.1) is 11.3 Å². The van der Waals surface area contributed by atoms with Crippen LogP contribution in [0.5, 0.6) is 0 Å². The van der Waals surface area contributed by atoms with Crippen molar-refractivity contribution in [3.05, 3.63) is 35.6 Å². The molecular formula is C15H17N3O2S. The van der Waals surface area contributed by atoms with Crippen LogP contribution in [0.25, 0.3) is 10.6 Å². The van der Waals surface area contributed by atoms with Gasteiger partial charge in [-0.05, 0) is 38.1 Å². The molecule has 0 spiro atoms. The van der Waals surface area contributed by atoms with Crippen molar-refractivity contribution < 1.29 is 9.90 Å². The van der Waals surface area contributed by atoms with E-state index < -0.39 is 5.97 Å². The minimum Gasteiger partial charge on any atom is -0.481 e. The second-order valence-electron chi connectivity index (χ2n) is 5.27. The number of carbonyl (C=O) groups is 1. The lowest BCUT2D eigenvalue weighted by molar-refractivity contribution is -0.143. The molecule has 0 unspecified atom stereocenters. The Morgan fingerprint density at radius 1 is 1.43 bits per heavy atom. The van der Waals surface area contributed by atoms with E-state index >= 15 is 0 Å². The molecule has 0 saturated carbocycles. The maximum atomic E-state index is 10.9. The average molecular weight is 303 g/mol. The molecule has 2 aromatic rings. The number of aromatic nitrogens is 2. The number of piperidine rings is 1. The van der Waals surface area contributed by atoms with Crippen LogP contribution in [0.15, 0.2) is 29.9 Å². The van der Waals surface area contributed by atoms with Crippen molar-refractivity contribution in [2.45, 2.75) is 19.4 Å². The van der Waals surface area contributed by atoms with E-state index in [1.165, 1.54) is 0 Å². The van der Waals surface area contributed by atoms with Gasteiger partial charge in [-0.1, -0.05) is 0 Å². The zero-order valence-electron chi connectivity index (χ0n) is 11.6. The van der Waals surface area contributed by atoms with Crippen molar-refractivity contribution in [2.75, 3.05) is 13.1 Å². The fraction of sp³-hybridized carbons (Fsp3) is 0.400. The highest BCUT2D eigenvalue weighted by Gasteiger charge is 2.24. The molecule has 6 heteroatoms. The lowest BCUT2D eigenvalue weighted by Crippen LogP contribution is -2.35. The smallest absolute Gasteiger partial charge is 0.306 e. The summed E-state index contributed by atoms with van der Waals surface area (Å²) in [7, 11) is 0. The standard InChI is InChI=1S/C15H17N3O2S/c19-15(20)11-3-6-18(7-4-11)9-13-10-21-14(17-13)12-2-1-5-16-8-12/h1-2,5,8,10-11H,3-4,6-7,9H2,(H,19,20). The number of hydrogen-bond acceptors (Lipinski definition) is 5. The van der Waals surface area contributed by atoms with Gasteiger partial charge in [0.2, 0.25) is 0 Å². The summed E-state index contributed by atoms with van der Waals surface area (Å²) in [6, 6.07) is 3.92. The second-order valence-corrected chi connectivity index (χ2v) is 6.13. The highest BCUT2D eigenvalue weighted by molar-refractivity contribution is 7.13. The molecule has 1 saturated heterocycles. The lowest BCUT2D eigenvalue weighted by atomic mass is 9.97. The van der Waals surface area contributed by atoms with Gasteiger partial charge in [-0.2, -0.15) is 0 Å². The lowest BCUT2D eigenvalue weighted by Gasteiger charge is -2.29. The van der Waals surface area contributed by atoms with Gasteiger partial charge in [0.05, 0.1) is 11.6 Å². The molecule has 0 radical (unpaired) electrons. The summed E-state index contributed by atoms with van der Waals surface area (Å²) in [6.45, 7) is 2.45. The molecular weight excluding hydrogens is 286 g/mol. The van der Waals surface area contributed by atoms with Crippen molar-refractivity contribution in [2.24, 2.45) is 5.92 Å². The number of hydrogen-bond donors (Lipinski definition) is 1. The summed E-state index contributed by atoms with van der Waals surface area (Å²) in [5.41, 5.74) is 2.09. The number of nitrogens with zero attached hydrogens (tertiary/aromatic N) is 3. The minimum absolute atomic E-state index is 0.178. The third kappa shape index (κ3) is 3.46. The summed E-state index contributed by atoms with van der Waals surface area (Å²) in [5, 5.41) is 12.1. The normalized spacial score (nSPS) is 17.0. The molecule has 21 heavy (non-hydrogen) atoms. The van der Waals surface area contributed by atoms with Gasteiger partial charge in [0.1, 0.15) is 5.01 Å². The summed E-state index contributed by atoms with van der Waals surface area (Å²) in [4.78, 5) is 22.0. The Hall–Kier alpha value is -1.79. The molecule has 5 nitrogen and oxygen atoms in total. The molecule has 3 rings (SSSR count). The van der Waals surface area contributed by atoms with Crippen molar-refractivity contribution in [1.82, 2.24) is 14.9 Å². The fourth-order valence-corrected chi connectivity index (χ4v) is 3.37. The summed E-state index contributed by atoms with van der Waals surface area (Å²) < 4.78 is 0. The Morgan fingerprint density at radius 2 is 2.24 bits per heavy atom. The van der Waals surface area contributed by atoms with Crippen LogP contribution in [0.4, 0.5) is 0 Å². The topological polar surface area (TPSA) is 66.3 Å². The van der Waals surface area contributed by atoms with Crippen LogP contribution < -0.4 is 0 Å². The van der Waals surface area contributed by atoms with Gasteiger partial charge in [0, 0.05) is 29.9 Å². The van der Waals surface area contributed by atoms with E-state index in [4.69, 9.17) is 5.11 Å². The largest absolute Gasteiger partial charge is 0.481 e. The fourth-order valence-electron chi connectivity index (χ4n) is 2.57. The minimum atomic E-state index is -0.665. The maximum Gasteiger partial charge on any atom is 0.306 e. The highest BCUT2D eigenvalue weighted by Crippen LogP contribution is 2.24. The average Bonchev–Trinajstić information content (AvgIpc) is 2.97. The first-order chi connectivity index (χ1) is 10.2. The first-order valence-electron chi connectivity index (χ1n) is 7.02. The molecule has 2 aromatic heterocycles. The summed E-state index contributed by atoms with van der Waals surface area (Å²) in [5.74, 6) is -0.843. The van der Waals surface area contributed by atoms with Crippen LogP contribution in [-0.4, -0.2) is 39.0 Å². The van der Waals surface area contributed by atoms with Crippen LogP contribution in [-0.2, 0) is 11.3 Å². The number of carboxylic acid groups (broad SMARTS) is 1. The Morgan fingerprint density at radius 3 is 2.90 bits per heavy atom. The van der Waals surface area contributed by atoms with Gasteiger partial charge in [0.25, 0.3) is 0 Å². The SMILES string of the molecule is O=C(O)C1CCN(Cc2csc(-c3cccnc3)n2)CC1. The summed E-state index contributed by atoms with van der Waals surface area (Å²) in [6.07, 6.45) is 5.04. The van der Waals surface area contributed by atoms with Crippen LogP contribution in [0.2, 0.25) is 0 Å². The number of thiazole rings is 1. The molecule has 0 atom stereocenters. The van der Waals surface area contributed by atoms with Gasteiger partial charge < -0.3 is 5.11 Å². The highest BCUT2D eigenvalue weighted by atomic mass is 32.1. The Bertz CT molecular complexity index is 606. The number of pyridine rings is 1. The molecule has 0 bridgehead atoms. The molecule has 1 fully saturated rings. The van der Waals surface area contributed by atoms with Gasteiger partial charge in [0.15, 0.2) is 0 Å². The second kappa shape index (κ2) is 6.32. The summed E-state index contributed by atoms with van der Waals surface area (Å²) >= 11 is 1.62. The van der Waals surface area contributed by atoms with Crippen molar-refractivity contribution in [3.63, 3.8) is 0 Å². The molecule has 0 aromatic carbocycles.